The number of rotatable bonds is 8. The zero-order valence-corrected chi connectivity index (χ0v) is 11.2. The second kappa shape index (κ2) is 8.00. The van der Waals surface area contributed by atoms with Crippen molar-refractivity contribution < 1.29 is 13.2 Å². The molecular weight excluding hydrogens is 251 g/mol. The lowest BCUT2D eigenvalue weighted by Crippen LogP contribution is -2.23. The monoisotopic (exact) mass is 271 g/mol. The first kappa shape index (κ1) is 15.8. The van der Waals surface area contributed by atoms with Crippen molar-refractivity contribution >= 4 is 0 Å². The van der Waals surface area contributed by atoms with Crippen molar-refractivity contribution in [3.05, 3.63) is 47.8 Å². The molecule has 19 heavy (non-hydrogen) atoms. The number of benzene rings is 1. The quantitative estimate of drug-likeness (QED) is 0.417. The van der Waals surface area contributed by atoms with E-state index in [1.807, 2.05) is 6.92 Å². The molecule has 1 rings (SSSR count). The first-order valence-electron chi connectivity index (χ1n) is 6.59. The Balaban J connectivity index is 2.89. The third kappa shape index (κ3) is 4.39. The van der Waals surface area contributed by atoms with E-state index in [1.54, 1.807) is 6.08 Å². The lowest BCUT2D eigenvalue weighted by molar-refractivity contribution is 0.414. The summed E-state index contributed by atoms with van der Waals surface area (Å²) in [6.07, 6.45) is 4.98. The predicted octanol–water partition coefficient (Wildman–Crippen LogP) is 4.50. The molecule has 0 radical (unpaired) electrons. The van der Waals surface area contributed by atoms with E-state index in [9.17, 15) is 13.2 Å². The maximum Gasteiger partial charge on any atom is 0.194 e. The van der Waals surface area contributed by atoms with E-state index in [1.165, 1.54) is 6.07 Å². The van der Waals surface area contributed by atoms with Crippen LogP contribution in [0.25, 0.3) is 0 Å². The van der Waals surface area contributed by atoms with Crippen LogP contribution in [0.5, 0.6) is 0 Å². The van der Waals surface area contributed by atoms with Crippen LogP contribution < -0.4 is 5.32 Å². The molecule has 1 N–H and O–H groups in total. The van der Waals surface area contributed by atoms with Crippen molar-refractivity contribution in [1.29, 1.82) is 0 Å². The molecule has 1 aromatic rings. The van der Waals surface area contributed by atoms with E-state index in [0.717, 1.165) is 25.3 Å². The van der Waals surface area contributed by atoms with E-state index >= 15 is 0 Å². The molecule has 0 heterocycles. The Hall–Kier alpha value is -1.29. The van der Waals surface area contributed by atoms with E-state index < -0.39 is 17.5 Å². The molecule has 106 valence electrons. The van der Waals surface area contributed by atoms with Gasteiger partial charge >= 0.3 is 0 Å². The van der Waals surface area contributed by atoms with Gasteiger partial charge in [-0.2, -0.15) is 0 Å². The molecule has 1 nitrogen and oxygen atoms in total. The smallest absolute Gasteiger partial charge is 0.194 e. The summed E-state index contributed by atoms with van der Waals surface area (Å²) in [5.74, 6) is -3.64. The van der Waals surface area contributed by atoms with Crippen molar-refractivity contribution in [3.8, 4) is 0 Å². The van der Waals surface area contributed by atoms with Crippen molar-refractivity contribution in [1.82, 2.24) is 5.32 Å². The maximum absolute atomic E-state index is 13.8. The molecular formula is C15H20F3N. The zero-order valence-electron chi connectivity index (χ0n) is 11.2. The van der Waals surface area contributed by atoms with Gasteiger partial charge in [0.1, 0.15) is 0 Å². The van der Waals surface area contributed by atoms with Gasteiger partial charge in [-0.3, -0.25) is 0 Å². The van der Waals surface area contributed by atoms with E-state index in [2.05, 4.69) is 11.9 Å². The number of allylic oxidation sites excluding steroid dienone is 1. The summed E-state index contributed by atoms with van der Waals surface area (Å²) < 4.78 is 40.0. The SMILES string of the molecule is C=CCCCC(NCCC)c1ccc(F)c(F)c1F. The molecule has 0 aliphatic carbocycles. The average molecular weight is 271 g/mol. The van der Waals surface area contributed by atoms with Gasteiger partial charge in [0.15, 0.2) is 17.5 Å². The fraction of sp³-hybridized carbons (Fsp3) is 0.467. The molecule has 1 atom stereocenters. The Labute approximate surface area is 112 Å². The minimum atomic E-state index is -1.40. The van der Waals surface area contributed by atoms with Crippen molar-refractivity contribution in [2.24, 2.45) is 0 Å². The Morgan fingerprint density at radius 1 is 1.26 bits per heavy atom. The minimum Gasteiger partial charge on any atom is -0.310 e. The first-order valence-corrected chi connectivity index (χ1v) is 6.59. The maximum atomic E-state index is 13.8. The zero-order chi connectivity index (χ0) is 14.3. The predicted molar refractivity (Wildman–Crippen MR) is 71.4 cm³/mol. The molecule has 0 aromatic heterocycles. The average Bonchev–Trinajstić information content (AvgIpc) is 2.41. The van der Waals surface area contributed by atoms with Gasteiger partial charge in [0.2, 0.25) is 0 Å². The van der Waals surface area contributed by atoms with Gasteiger partial charge in [-0.1, -0.05) is 19.1 Å². The summed E-state index contributed by atoms with van der Waals surface area (Å²) in [6.45, 7) is 6.33. The van der Waals surface area contributed by atoms with Crippen LogP contribution >= 0.6 is 0 Å². The Morgan fingerprint density at radius 3 is 2.63 bits per heavy atom. The molecule has 0 saturated heterocycles. The van der Waals surface area contributed by atoms with E-state index in [0.29, 0.717) is 13.0 Å². The fourth-order valence-electron chi connectivity index (χ4n) is 1.96. The van der Waals surface area contributed by atoms with Crippen LogP contribution in [0.15, 0.2) is 24.8 Å². The fourth-order valence-corrected chi connectivity index (χ4v) is 1.96. The molecule has 1 unspecified atom stereocenters. The Morgan fingerprint density at radius 2 is 2.00 bits per heavy atom. The Kier molecular flexibility index (Phi) is 6.64. The van der Waals surface area contributed by atoms with Crippen LogP contribution in [-0.4, -0.2) is 6.54 Å². The van der Waals surface area contributed by atoms with E-state index in [-0.39, 0.29) is 11.6 Å². The van der Waals surface area contributed by atoms with Gasteiger partial charge in [0, 0.05) is 11.6 Å². The number of hydrogen-bond acceptors (Lipinski definition) is 1. The topological polar surface area (TPSA) is 12.0 Å². The summed E-state index contributed by atoms with van der Waals surface area (Å²) in [5.41, 5.74) is 0.191. The highest BCUT2D eigenvalue weighted by Gasteiger charge is 2.19. The summed E-state index contributed by atoms with van der Waals surface area (Å²) in [6, 6.07) is 1.99. The summed E-state index contributed by atoms with van der Waals surface area (Å²) in [5, 5.41) is 3.17. The van der Waals surface area contributed by atoms with Crippen LogP contribution in [0, 0.1) is 17.5 Å². The van der Waals surface area contributed by atoms with Gasteiger partial charge in [-0.15, -0.1) is 6.58 Å². The van der Waals surface area contributed by atoms with Gasteiger partial charge < -0.3 is 5.32 Å². The largest absolute Gasteiger partial charge is 0.310 e. The highest BCUT2D eigenvalue weighted by Crippen LogP contribution is 2.25. The molecule has 0 bridgehead atoms. The van der Waals surface area contributed by atoms with Gasteiger partial charge in [-0.05, 0) is 38.3 Å². The molecule has 1 aromatic carbocycles. The second-order valence-corrected chi connectivity index (χ2v) is 4.49. The third-order valence-electron chi connectivity index (χ3n) is 2.98. The van der Waals surface area contributed by atoms with Crippen LogP contribution in [0.1, 0.15) is 44.2 Å². The van der Waals surface area contributed by atoms with Crippen LogP contribution in [0.3, 0.4) is 0 Å². The van der Waals surface area contributed by atoms with Gasteiger partial charge in [0.25, 0.3) is 0 Å². The van der Waals surface area contributed by atoms with Crippen molar-refractivity contribution in [3.63, 3.8) is 0 Å². The van der Waals surface area contributed by atoms with Crippen LogP contribution in [0.4, 0.5) is 13.2 Å². The third-order valence-corrected chi connectivity index (χ3v) is 2.98. The van der Waals surface area contributed by atoms with E-state index in [4.69, 9.17) is 0 Å². The number of nitrogens with one attached hydrogen (secondary N) is 1. The number of unbranched alkanes of at least 4 members (excludes halogenated alkanes) is 1. The van der Waals surface area contributed by atoms with Gasteiger partial charge in [-0.25, -0.2) is 13.2 Å². The number of halogens is 3. The highest BCUT2D eigenvalue weighted by molar-refractivity contribution is 5.23. The molecule has 0 fully saturated rings. The minimum absolute atomic E-state index is 0.191. The first-order chi connectivity index (χ1) is 9.11. The molecule has 0 saturated carbocycles. The lowest BCUT2D eigenvalue weighted by atomic mass is 9.99. The molecule has 0 spiro atoms. The highest BCUT2D eigenvalue weighted by atomic mass is 19.2. The number of hydrogen-bond donors (Lipinski definition) is 1. The Bertz CT molecular complexity index is 418. The summed E-state index contributed by atoms with van der Waals surface area (Å²) in [4.78, 5) is 0. The lowest BCUT2D eigenvalue weighted by Gasteiger charge is -2.19. The molecule has 4 heteroatoms. The van der Waals surface area contributed by atoms with Gasteiger partial charge in [0.05, 0.1) is 0 Å². The molecule has 0 aliphatic heterocycles. The summed E-state index contributed by atoms with van der Waals surface area (Å²) >= 11 is 0. The molecule has 0 amide bonds. The standard InChI is InChI=1S/C15H20F3N/c1-3-5-6-7-13(19-10-4-2)11-8-9-12(16)15(18)14(11)17/h3,8-9,13,19H,1,4-7,10H2,2H3. The van der Waals surface area contributed by atoms with Crippen molar-refractivity contribution in [2.75, 3.05) is 6.54 Å². The van der Waals surface area contributed by atoms with Crippen molar-refractivity contribution in [2.45, 2.75) is 38.6 Å². The molecule has 0 aliphatic rings. The van der Waals surface area contributed by atoms with Crippen LogP contribution in [-0.2, 0) is 0 Å². The normalized spacial score (nSPS) is 12.4. The van der Waals surface area contributed by atoms with Crippen LogP contribution in [0.2, 0.25) is 0 Å². The second-order valence-electron chi connectivity index (χ2n) is 4.49. The summed E-state index contributed by atoms with van der Waals surface area (Å²) in [7, 11) is 0.